The van der Waals surface area contributed by atoms with Crippen molar-refractivity contribution in [2.75, 3.05) is 41.6 Å². The molecule has 0 saturated carbocycles. The lowest BCUT2D eigenvalue weighted by atomic mass is 10.1. The van der Waals surface area contributed by atoms with Crippen LogP contribution in [-0.4, -0.2) is 57.7 Å². The molecule has 0 aliphatic carbocycles. The highest BCUT2D eigenvalue weighted by molar-refractivity contribution is 7.92. The second-order valence-electron chi connectivity index (χ2n) is 7.81. The van der Waals surface area contributed by atoms with Gasteiger partial charge in [-0.1, -0.05) is 12.1 Å². The van der Waals surface area contributed by atoms with Crippen LogP contribution in [0.3, 0.4) is 0 Å². The third kappa shape index (κ3) is 4.75. The Morgan fingerprint density at radius 3 is 2.20 bits per heavy atom. The van der Waals surface area contributed by atoms with Gasteiger partial charge in [0, 0.05) is 31.9 Å². The SMILES string of the molecule is Cc1ccc(C)c(N(C(C)C(=O)N2CCN(c3ccc(F)cc3)CC2)S(C)(=O)=O)c1. The second kappa shape index (κ2) is 8.63. The molecule has 0 radical (unpaired) electrons. The zero-order valence-electron chi connectivity index (χ0n) is 17.8. The van der Waals surface area contributed by atoms with E-state index in [2.05, 4.69) is 4.90 Å². The van der Waals surface area contributed by atoms with E-state index in [1.165, 1.54) is 16.4 Å². The summed E-state index contributed by atoms with van der Waals surface area (Å²) in [6.07, 6.45) is 1.13. The van der Waals surface area contributed by atoms with Crippen LogP contribution in [0, 0.1) is 19.7 Å². The Bertz CT molecular complexity index is 1020. The van der Waals surface area contributed by atoms with Crippen LogP contribution in [0.4, 0.5) is 15.8 Å². The van der Waals surface area contributed by atoms with Gasteiger partial charge < -0.3 is 9.80 Å². The normalized spacial score (nSPS) is 15.8. The van der Waals surface area contributed by atoms with Crippen molar-refractivity contribution in [2.45, 2.75) is 26.8 Å². The largest absolute Gasteiger partial charge is 0.368 e. The summed E-state index contributed by atoms with van der Waals surface area (Å²) in [5.74, 6) is -0.506. The molecule has 1 aliphatic rings. The van der Waals surface area contributed by atoms with Gasteiger partial charge in [0.25, 0.3) is 0 Å². The maximum Gasteiger partial charge on any atom is 0.246 e. The third-order valence-corrected chi connectivity index (χ3v) is 6.68. The van der Waals surface area contributed by atoms with Gasteiger partial charge in [0.15, 0.2) is 0 Å². The van der Waals surface area contributed by atoms with E-state index in [4.69, 9.17) is 0 Å². The molecule has 1 fully saturated rings. The Kier molecular flexibility index (Phi) is 6.36. The molecule has 1 amide bonds. The number of hydrogen-bond acceptors (Lipinski definition) is 4. The number of sulfonamides is 1. The number of carbonyl (C=O) groups excluding carboxylic acids is 1. The first-order valence-electron chi connectivity index (χ1n) is 9.94. The van der Waals surface area contributed by atoms with Crippen molar-refractivity contribution in [3.8, 4) is 0 Å². The van der Waals surface area contributed by atoms with E-state index >= 15 is 0 Å². The first-order chi connectivity index (χ1) is 14.1. The van der Waals surface area contributed by atoms with Crippen LogP contribution in [-0.2, 0) is 14.8 Å². The van der Waals surface area contributed by atoms with Crippen LogP contribution in [0.1, 0.15) is 18.1 Å². The van der Waals surface area contributed by atoms with Crippen LogP contribution in [0.25, 0.3) is 0 Å². The van der Waals surface area contributed by atoms with Crippen LogP contribution in [0.5, 0.6) is 0 Å². The minimum absolute atomic E-state index is 0.222. The molecule has 0 N–H and O–H groups in total. The lowest BCUT2D eigenvalue weighted by Gasteiger charge is -2.39. The van der Waals surface area contributed by atoms with Gasteiger partial charge in [-0.3, -0.25) is 9.10 Å². The van der Waals surface area contributed by atoms with E-state index in [1.54, 1.807) is 30.0 Å². The van der Waals surface area contributed by atoms with E-state index < -0.39 is 16.1 Å². The summed E-state index contributed by atoms with van der Waals surface area (Å²) in [5, 5.41) is 0. The minimum Gasteiger partial charge on any atom is -0.368 e. The van der Waals surface area contributed by atoms with Gasteiger partial charge in [-0.2, -0.15) is 0 Å². The number of nitrogens with zero attached hydrogens (tertiary/aromatic N) is 3. The predicted octanol–water partition coefficient (Wildman–Crippen LogP) is 2.95. The number of aryl methyl sites for hydroxylation is 2. The Hall–Kier alpha value is -2.61. The van der Waals surface area contributed by atoms with E-state index in [9.17, 15) is 17.6 Å². The maximum absolute atomic E-state index is 13.2. The molecule has 8 heteroatoms. The van der Waals surface area contributed by atoms with Crippen LogP contribution < -0.4 is 9.21 Å². The highest BCUT2D eigenvalue weighted by Gasteiger charge is 2.34. The molecule has 0 bridgehead atoms. The average molecular weight is 434 g/mol. The van der Waals surface area contributed by atoms with Crippen molar-refractivity contribution in [2.24, 2.45) is 0 Å². The number of anilines is 2. The van der Waals surface area contributed by atoms with Crippen molar-refractivity contribution in [3.05, 3.63) is 59.4 Å². The molecular weight excluding hydrogens is 405 g/mol. The quantitative estimate of drug-likeness (QED) is 0.728. The van der Waals surface area contributed by atoms with E-state index in [0.29, 0.717) is 31.9 Å². The van der Waals surface area contributed by atoms with E-state index in [-0.39, 0.29) is 11.7 Å². The highest BCUT2D eigenvalue weighted by Crippen LogP contribution is 2.27. The number of benzene rings is 2. The summed E-state index contributed by atoms with van der Waals surface area (Å²) in [4.78, 5) is 17.0. The standard InChI is InChI=1S/C22H28FN3O3S/c1-16-5-6-17(2)21(15-16)26(30(4,28)29)18(3)22(27)25-13-11-24(12-14-25)20-9-7-19(23)8-10-20/h5-10,15,18H,11-14H2,1-4H3. The molecule has 30 heavy (non-hydrogen) atoms. The summed E-state index contributed by atoms with van der Waals surface area (Å²) < 4.78 is 39.6. The third-order valence-electron chi connectivity index (χ3n) is 5.45. The Balaban J connectivity index is 1.76. The van der Waals surface area contributed by atoms with Crippen molar-refractivity contribution in [1.29, 1.82) is 0 Å². The summed E-state index contributed by atoms with van der Waals surface area (Å²) in [5.41, 5.74) is 3.16. The van der Waals surface area contributed by atoms with Crippen molar-refractivity contribution >= 4 is 27.3 Å². The average Bonchev–Trinajstić information content (AvgIpc) is 2.70. The molecule has 3 rings (SSSR count). The molecule has 2 aromatic carbocycles. The fraction of sp³-hybridized carbons (Fsp3) is 0.409. The van der Waals surface area contributed by atoms with Crippen molar-refractivity contribution in [1.82, 2.24) is 4.90 Å². The van der Waals surface area contributed by atoms with Gasteiger partial charge in [-0.05, 0) is 62.2 Å². The van der Waals surface area contributed by atoms with Gasteiger partial charge in [0.1, 0.15) is 11.9 Å². The molecule has 0 aromatic heterocycles. The molecular formula is C22H28FN3O3S. The molecule has 1 aliphatic heterocycles. The number of amides is 1. The van der Waals surface area contributed by atoms with E-state index in [1.807, 2.05) is 26.0 Å². The Labute approximate surface area is 177 Å². The molecule has 1 atom stereocenters. The highest BCUT2D eigenvalue weighted by atomic mass is 32.2. The minimum atomic E-state index is -3.66. The lowest BCUT2D eigenvalue weighted by Crippen LogP contribution is -2.55. The number of rotatable bonds is 5. The van der Waals surface area contributed by atoms with Crippen LogP contribution in [0.2, 0.25) is 0 Å². The fourth-order valence-corrected chi connectivity index (χ4v) is 5.05. The zero-order chi connectivity index (χ0) is 22.1. The molecule has 1 unspecified atom stereocenters. The van der Waals surface area contributed by atoms with Crippen molar-refractivity contribution < 1.29 is 17.6 Å². The molecule has 6 nitrogen and oxygen atoms in total. The second-order valence-corrected chi connectivity index (χ2v) is 9.67. The summed E-state index contributed by atoms with van der Waals surface area (Å²) >= 11 is 0. The number of halogens is 1. The monoisotopic (exact) mass is 433 g/mol. The fourth-order valence-electron chi connectivity index (χ4n) is 3.83. The first-order valence-corrected chi connectivity index (χ1v) is 11.8. The number of carbonyl (C=O) groups is 1. The first kappa shape index (κ1) is 22.1. The summed E-state index contributed by atoms with van der Waals surface area (Å²) in [6, 6.07) is 11.0. The van der Waals surface area contributed by atoms with Gasteiger partial charge in [0.2, 0.25) is 15.9 Å². The lowest BCUT2D eigenvalue weighted by molar-refractivity contribution is -0.132. The van der Waals surface area contributed by atoms with Crippen LogP contribution in [0.15, 0.2) is 42.5 Å². The van der Waals surface area contributed by atoms with E-state index in [0.717, 1.165) is 23.1 Å². The summed E-state index contributed by atoms with van der Waals surface area (Å²) in [6.45, 7) is 7.53. The van der Waals surface area contributed by atoms with Gasteiger partial charge >= 0.3 is 0 Å². The summed E-state index contributed by atoms with van der Waals surface area (Å²) in [7, 11) is -3.66. The van der Waals surface area contributed by atoms with Crippen molar-refractivity contribution in [3.63, 3.8) is 0 Å². The maximum atomic E-state index is 13.2. The van der Waals surface area contributed by atoms with Gasteiger partial charge in [0.05, 0.1) is 11.9 Å². The molecule has 2 aromatic rings. The molecule has 0 spiro atoms. The van der Waals surface area contributed by atoms with Crippen LogP contribution >= 0.6 is 0 Å². The Morgan fingerprint density at radius 2 is 1.63 bits per heavy atom. The molecule has 1 saturated heterocycles. The predicted molar refractivity (Wildman–Crippen MR) is 118 cm³/mol. The van der Waals surface area contributed by atoms with Gasteiger partial charge in [-0.25, -0.2) is 12.8 Å². The zero-order valence-corrected chi connectivity index (χ0v) is 18.6. The smallest absolute Gasteiger partial charge is 0.246 e. The molecule has 1 heterocycles. The topological polar surface area (TPSA) is 60.9 Å². The Morgan fingerprint density at radius 1 is 1.03 bits per heavy atom. The number of hydrogen-bond donors (Lipinski definition) is 0. The van der Waals surface area contributed by atoms with Gasteiger partial charge in [-0.15, -0.1) is 0 Å². The number of piperazine rings is 1. The molecule has 162 valence electrons.